The van der Waals surface area contributed by atoms with Crippen molar-refractivity contribution in [2.45, 2.75) is 6.42 Å². The second-order valence-electron chi connectivity index (χ2n) is 5.41. The zero-order valence-corrected chi connectivity index (χ0v) is 12.0. The van der Waals surface area contributed by atoms with E-state index in [4.69, 9.17) is 4.42 Å². The average Bonchev–Trinajstić information content (AvgIpc) is 2.58. The second kappa shape index (κ2) is 5.15. The molecule has 3 aromatic carbocycles. The fourth-order valence-corrected chi connectivity index (χ4v) is 2.87. The summed E-state index contributed by atoms with van der Waals surface area (Å²) in [5.41, 5.74) is 2.49. The summed E-state index contributed by atoms with van der Waals surface area (Å²) in [6, 6.07) is 21.7. The van der Waals surface area contributed by atoms with Crippen molar-refractivity contribution in [2.24, 2.45) is 0 Å². The van der Waals surface area contributed by atoms with E-state index in [1.165, 1.54) is 0 Å². The van der Waals surface area contributed by atoms with Gasteiger partial charge in [0.1, 0.15) is 5.58 Å². The first-order chi connectivity index (χ1) is 10.8. The molecule has 0 amide bonds. The van der Waals surface area contributed by atoms with Crippen molar-refractivity contribution in [1.82, 2.24) is 0 Å². The highest BCUT2D eigenvalue weighted by molar-refractivity contribution is 6.05. The Morgan fingerprint density at radius 3 is 2.45 bits per heavy atom. The molecule has 2 nitrogen and oxygen atoms in total. The predicted molar refractivity (Wildman–Crippen MR) is 89.2 cm³/mol. The molecular formula is C20H14O2. The highest BCUT2D eigenvalue weighted by atomic mass is 16.3. The van der Waals surface area contributed by atoms with Crippen LogP contribution in [0, 0.1) is 0 Å². The van der Waals surface area contributed by atoms with Crippen LogP contribution in [0.1, 0.15) is 11.1 Å². The van der Waals surface area contributed by atoms with Crippen LogP contribution in [0.3, 0.4) is 0 Å². The lowest BCUT2D eigenvalue weighted by Gasteiger charge is -2.05. The van der Waals surface area contributed by atoms with Gasteiger partial charge in [-0.15, -0.1) is 0 Å². The molecule has 106 valence electrons. The van der Waals surface area contributed by atoms with E-state index in [-0.39, 0.29) is 5.43 Å². The Morgan fingerprint density at radius 2 is 1.59 bits per heavy atom. The number of fused-ring (bicyclic) bond motifs is 3. The van der Waals surface area contributed by atoms with Crippen LogP contribution in [0.25, 0.3) is 21.7 Å². The van der Waals surface area contributed by atoms with Gasteiger partial charge in [0.15, 0.2) is 5.43 Å². The number of hydrogen-bond acceptors (Lipinski definition) is 2. The number of benzene rings is 3. The normalized spacial score (nSPS) is 11.1. The van der Waals surface area contributed by atoms with Gasteiger partial charge in [-0.2, -0.15) is 0 Å². The van der Waals surface area contributed by atoms with Crippen molar-refractivity contribution < 1.29 is 4.42 Å². The maximum absolute atomic E-state index is 12.9. The van der Waals surface area contributed by atoms with E-state index in [1.54, 1.807) is 6.26 Å². The Kier molecular flexibility index (Phi) is 3.01. The first-order valence-corrected chi connectivity index (χ1v) is 7.29. The van der Waals surface area contributed by atoms with E-state index >= 15 is 0 Å². The fourth-order valence-electron chi connectivity index (χ4n) is 2.87. The van der Waals surface area contributed by atoms with Crippen LogP contribution in [-0.4, -0.2) is 0 Å². The highest BCUT2D eigenvalue weighted by Gasteiger charge is 2.10. The third-order valence-electron chi connectivity index (χ3n) is 3.98. The minimum absolute atomic E-state index is 0.0573. The van der Waals surface area contributed by atoms with Gasteiger partial charge in [0, 0.05) is 12.0 Å². The first-order valence-electron chi connectivity index (χ1n) is 7.29. The van der Waals surface area contributed by atoms with E-state index in [1.807, 2.05) is 66.7 Å². The molecule has 0 fully saturated rings. The smallest absolute Gasteiger partial charge is 0.196 e. The van der Waals surface area contributed by atoms with E-state index < -0.39 is 0 Å². The maximum atomic E-state index is 12.9. The molecule has 0 spiro atoms. The molecule has 22 heavy (non-hydrogen) atoms. The summed E-state index contributed by atoms with van der Waals surface area (Å²) in [7, 11) is 0. The Labute approximate surface area is 127 Å². The molecule has 4 rings (SSSR count). The lowest BCUT2D eigenvalue weighted by atomic mass is 10.0. The summed E-state index contributed by atoms with van der Waals surface area (Å²) in [5, 5.41) is 2.68. The molecule has 4 aromatic rings. The van der Waals surface area contributed by atoms with Crippen molar-refractivity contribution in [3.05, 3.63) is 94.3 Å². The van der Waals surface area contributed by atoms with Crippen LogP contribution in [0.15, 0.2) is 82.2 Å². The first kappa shape index (κ1) is 12.8. The summed E-state index contributed by atoms with van der Waals surface area (Å²) in [4.78, 5) is 12.9. The average molecular weight is 286 g/mol. The van der Waals surface area contributed by atoms with Gasteiger partial charge in [0.2, 0.25) is 0 Å². The molecule has 0 aliphatic rings. The third kappa shape index (κ3) is 2.09. The van der Waals surface area contributed by atoms with Gasteiger partial charge in [-0.05, 0) is 22.4 Å². The van der Waals surface area contributed by atoms with Crippen molar-refractivity contribution in [2.75, 3.05) is 0 Å². The molecule has 2 heteroatoms. The molecule has 0 radical (unpaired) electrons. The van der Waals surface area contributed by atoms with Crippen LogP contribution < -0.4 is 5.43 Å². The molecule has 0 saturated heterocycles. The zero-order valence-electron chi connectivity index (χ0n) is 12.0. The molecule has 1 aromatic heterocycles. The van der Waals surface area contributed by atoms with Gasteiger partial charge >= 0.3 is 0 Å². The Morgan fingerprint density at radius 1 is 0.818 bits per heavy atom. The van der Waals surface area contributed by atoms with Gasteiger partial charge in [0.05, 0.1) is 11.6 Å². The van der Waals surface area contributed by atoms with Crippen LogP contribution in [0.4, 0.5) is 0 Å². The number of hydrogen-bond donors (Lipinski definition) is 0. The van der Waals surface area contributed by atoms with E-state index in [0.717, 1.165) is 16.3 Å². The topological polar surface area (TPSA) is 30.2 Å². The lowest BCUT2D eigenvalue weighted by molar-refractivity contribution is 0.595. The molecule has 1 heterocycles. The minimum Gasteiger partial charge on any atom is -0.464 e. The molecule has 0 saturated carbocycles. The molecule has 0 bridgehead atoms. The summed E-state index contributed by atoms with van der Waals surface area (Å²) < 4.78 is 5.70. The third-order valence-corrected chi connectivity index (χ3v) is 3.98. The van der Waals surface area contributed by atoms with Gasteiger partial charge in [0.25, 0.3) is 0 Å². The predicted octanol–water partition coefficient (Wildman–Crippen LogP) is 4.54. The minimum atomic E-state index is 0.0573. The van der Waals surface area contributed by atoms with Crippen LogP contribution in [0.2, 0.25) is 0 Å². The fraction of sp³-hybridized carbons (Fsp3) is 0.0500. The molecule has 0 N–H and O–H groups in total. The van der Waals surface area contributed by atoms with Crippen LogP contribution in [0.5, 0.6) is 0 Å². The Balaban J connectivity index is 1.96. The molecular weight excluding hydrogens is 272 g/mol. The SMILES string of the molecule is O=c1c(Cc2ccccc2)coc2ccc3ccccc3c12. The number of rotatable bonds is 2. The zero-order chi connectivity index (χ0) is 14.9. The van der Waals surface area contributed by atoms with Crippen molar-refractivity contribution >= 4 is 21.7 Å². The lowest BCUT2D eigenvalue weighted by Crippen LogP contribution is -2.09. The van der Waals surface area contributed by atoms with Gasteiger partial charge < -0.3 is 4.42 Å². The van der Waals surface area contributed by atoms with Gasteiger partial charge in [-0.3, -0.25) is 4.79 Å². The quantitative estimate of drug-likeness (QED) is 0.506. The van der Waals surface area contributed by atoms with Crippen molar-refractivity contribution in [3.63, 3.8) is 0 Å². The Bertz CT molecular complexity index is 1010. The van der Waals surface area contributed by atoms with Gasteiger partial charge in [-0.25, -0.2) is 0 Å². The van der Waals surface area contributed by atoms with Gasteiger partial charge in [-0.1, -0.05) is 60.7 Å². The standard InChI is InChI=1S/C20H14O2/c21-20-16(12-14-6-2-1-3-7-14)13-22-18-11-10-15-8-4-5-9-17(15)19(18)20/h1-11,13H,12H2. The summed E-state index contributed by atoms with van der Waals surface area (Å²) in [5.74, 6) is 0. The molecule has 0 aliphatic carbocycles. The summed E-state index contributed by atoms with van der Waals surface area (Å²) in [6.45, 7) is 0. The Hall–Kier alpha value is -2.87. The van der Waals surface area contributed by atoms with Crippen molar-refractivity contribution in [1.29, 1.82) is 0 Å². The highest BCUT2D eigenvalue weighted by Crippen LogP contribution is 2.23. The summed E-state index contributed by atoms with van der Waals surface area (Å²) in [6.07, 6.45) is 2.18. The second-order valence-corrected chi connectivity index (χ2v) is 5.41. The van der Waals surface area contributed by atoms with Crippen molar-refractivity contribution in [3.8, 4) is 0 Å². The van der Waals surface area contributed by atoms with E-state index in [0.29, 0.717) is 23.0 Å². The monoisotopic (exact) mass is 286 g/mol. The van der Waals surface area contributed by atoms with E-state index in [9.17, 15) is 4.79 Å². The van der Waals surface area contributed by atoms with E-state index in [2.05, 4.69) is 0 Å². The molecule has 0 aliphatic heterocycles. The molecule has 0 atom stereocenters. The maximum Gasteiger partial charge on any atom is 0.196 e. The summed E-state index contributed by atoms with van der Waals surface area (Å²) >= 11 is 0. The molecule has 0 unspecified atom stereocenters. The van der Waals surface area contributed by atoms with Crippen LogP contribution in [-0.2, 0) is 6.42 Å². The van der Waals surface area contributed by atoms with Crippen LogP contribution >= 0.6 is 0 Å². The largest absolute Gasteiger partial charge is 0.464 e.